The number of aliphatic hydroxyl groups excluding tert-OH is 1. The molecule has 0 aliphatic carbocycles. The molecule has 3 rings (SSSR count). The number of aliphatic hydroxyl groups is 1. The maximum atomic E-state index is 12.7. The highest BCUT2D eigenvalue weighted by atomic mass is 32.1. The molecule has 2 aromatic rings. The van der Waals surface area contributed by atoms with Crippen molar-refractivity contribution < 1.29 is 9.90 Å². The minimum atomic E-state index is 0.0717. The summed E-state index contributed by atoms with van der Waals surface area (Å²) in [5.41, 5.74) is 2.62. The summed E-state index contributed by atoms with van der Waals surface area (Å²) in [6, 6.07) is 7.70. The van der Waals surface area contributed by atoms with E-state index in [2.05, 4.69) is 9.88 Å². The molecule has 0 atom stereocenters. The van der Waals surface area contributed by atoms with Gasteiger partial charge in [0.25, 0.3) is 5.91 Å². The van der Waals surface area contributed by atoms with Gasteiger partial charge in [-0.15, -0.1) is 11.3 Å². The lowest BCUT2D eigenvalue weighted by Crippen LogP contribution is -2.49. The highest BCUT2D eigenvalue weighted by Crippen LogP contribution is 2.23. The molecule has 0 saturated carbocycles. The number of piperazine rings is 1. The molecule has 23 heavy (non-hydrogen) atoms. The number of carbonyl (C=O) groups excluding carboxylic acids is 1. The number of amides is 1. The average molecular weight is 331 g/mol. The minimum absolute atomic E-state index is 0.0717. The van der Waals surface area contributed by atoms with Gasteiger partial charge in [-0.05, 0) is 19.1 Å². The van der Waals surface area contributed by atoms with Crippen LogP contribution < -0.4 is 0 Å². The first kappa shape index (κ1) is 16.1. The van der Waals surface area contributed by atoms with Gasteiger partial charge in [0.05, 0.1) is 17.3 Å². The largest absolute Gasteiger partial charge is 0.395 e. The van der Waals surface area contributed by atoms with Gasteiger partial charge in [0.15, 0.2) is 0 Å². The van der Waals surface area contributed by atoms with Gasteiger partial charge in [0, 0.05) is 49.2 Å². The molecule has 0 unspecified atom stereocenters. The summed E-state index contributed by atoms with van der Waals surface area (Å²) in [5, 5.41) is 12.0. The topological polar surface area (TPSA) is 56.7 Å². The summed E-state index contributed by atoms with van der Waals surface area (Å²) >= 11 is 1.61. The summed E-state index contributed by atoms with van der Waals surface area (Å²) in [7, 11) is 0. The van der Waals surface area contributed by atoms with E-state index >= 15 is 0 Å². The molecule has 1 aromatic carbocycles. The number of hydrogen-bond donors (Lipinski definition) is 1. The van der Waals surface area contributed by atoms with E-state index in [1.165, 1.54) is 0 Å². The number of benzene rings is 1. The number of carbonyl (C=O) groups is 1. The van der Waals surface area contributed by atoms with Gasteiger partial charge in [0.2, 0.25) is 0 Å². The quantitative estimate of drug-likeness (QED) is 0.929. The fraction of sp³-hybridized carbons (Fsp3) is 0.412. The Balaban J connectivity index is 1.71. The van der Waals surface area contributed by atoms with Crippen LogP contribution in [0.25, 0.3) is 11.3 Å². The number of aromatic nitrogens is 1. The predicted octanol–water partition coefficient (Wildman–Crippen LogP) is 1.87. The van der Waals surface area contributed by atoms with Gasteiger partial charge in [-0.2, -0.15) is 0 Å². The van der Waals surface area contributed by atoms with Crippen molar-refractivity contribution in [3.8, 4) is 11.3 Å². The third-order valence-electron chi connectivity index (χ3n) is 4.10. The molecule has 1 N–H and O–H groups in total. The molecule has 1 saturated heterocycles. The van der Waals surface area contributed by atoms with E-state index < -0.39 is 0 Å². The normalized spacial score (nSPS) is 15.8. The first-order valence-corrected chi connectivity index (χ1v) is 8.70. The van der Waals surface area contributed by atoms with Gasteiger partial charge >= 0.3 is 0 Å². The lowest BCUT2D eigenvalue weighted by molar-refractivity contribution is 0.0615. The van der Waals surface area contributed by atoms with Crippen molar-refractivity contribution in [3.05, 3.63) is 40.2 Å². The number of β-amino-alcohol motifs (C(OH)–C–C–N with tert-alkyl or cyclic N) is 1. The van der Waals surface area contributed by atoms with Gasteiger partial charge in [-0.3, -0.25) is 9.69 Å². The molecule has 1 fully saturated rings. The van der Waals surface area contributed by atoms with E-state index in [0.29, 0.717) is 25.2 Å². The van der Waals surface area contributed by atoms with Gasteiger partial charge in [-0.25, -0.2) is 4.98 Å². The van der Waals surface area contributed by atoms with E-state index in [1.54, 1.807) is 11.3 Å². The van der Waals surface area contributed by atoms with Crippen LogP contribution in [-0.2, 0) is 0 Å². The van der Waals surface area contributed by atoms with Crippen molar-refractivity contribution in [2.24, 2.45) is 0 Å². The predicted molar refractivity (Wildman–Crippen MR) is 91.7 cm³/mol. The Hall–Kier alpha value is -1.76. The molecular formula is C17H21N3O2S. The number of nitrogens with zero attached hydrogens (tertiary/aromatic N) is 3. The Morgan fingerprint density at radius 2 is 2.09 bits per heavy atom. The maximum Gasteiger partial charge on any atom is 0.253 e. The van der Waals surface area contributed by atoms with Gasteiger partial charge in [0.1, 0.15) is 0 Å². The Morgan fingerprint density at radius 3 is 2.74 bits per heavy atom. The fourth-order valence-corrected chi connectivity index (χ4v) is 3.43. The molecule has 0 radical (unpaired) electrons. The summed E-state index contributed by atoms with van der Waals surface area (Å²) in [6.45, 7) is 5.88. The molecule has 1 aliphatic rings. The number of thiazole rings is 1. The zero-order valence-electron chi connectivity index (χ0n) is 13.2. The SMILES string of the molecule is Cc1nc(-c2cccc(C(=O)N3CCN(CCO)CC3)c2)cs1. The number of hydrogen-bond acceptors (Lipinski definition) is 5. The van der Waals surface area contributed by atoms with Crippen molar-refractivity contribution >= 4 is 17.2 Å². The Labute approximate surface area is 140 Å². The summed E-state index contributed by atoms with van der Waals surface area (Å²) in [4.78, 5) is 21.2. The molecule has 1 aromatic heterocycles. The third kappa shape index (κ3) is 3.77. The van der Waals surface area contributed by atoms with E-state index in [0.717, 1.165) is 29.4 Å². The average Bonchev–Trinajstić information content (AvgIpc) is 3.02. The smallest absolute Gasteiger partial charge is 0.253 e. The lowest BCUT2D eigenvalue weighted by atomic mass is 10.1. The highest BCUT2D eigenvalue weighted by molar-refractivity contribution is 7.09. The second-order valence-corrected chi connectivity index (χ2v) is 6.75. The van der Waals surface area contributed by atoms with Crippen molar-refractivity contribution in [1.29, 1.82) is 0 Å². The summed E-state index contributed by atoms with van der Waals surface area (Å²) in [6.07, 6.45) is 0. The molecular weight excluding hydrogens is 310 g/mol. The zero-order valence-corrected chi connectivity index (χ0v) is 14.1. The van der Waals surface area contributed by atoms with Crippen molar-refractivity contribution in [3.63, 3.8) is 0 Å². The highest BCUT2D eigenvalue weighted by Gasteiger charge is 2.22. The molecule has 1 amide bonds. The Kier molecular flexibility index (Phi) is 5.05. The van der Waals surface area contributed by atoms with Crippen LogP contribution in [0.3, 0.4) is 0 Å². The fourth-order valence-electron chi connectivity index (χ4n) is 2.81. The lowest BCUT2D eigenvalue weighted by Gasteiger charge is -2.34. The van der Waals surface area contributed by atoms with Gasteiger partial charge < -0.3 is 10.0 Å². The van der Waals surface area contributed by atoms with E-state index in [4.69, 9.17) is 5.11 Å². The molecule has 0 bridgehead atoms. The van der Waals surface area contributed by atoms with Gasteiger partial charge in [-0.1, -0.05) is 12.1 Å². The van der Waals surface area contributed by atoms with Crippen LogP contribution in [-0.4, -0.2) is 65.1 Å². The van der Waals surface area contributed by atoms with Crippen molar-refractivity contribution in [1.82, 2.24) is 14.8 Å². The molecule has 6 heteroatoms. The van der Waals surface area contributed by atoms with E-state index in [9.17, 15) is 4.79 Å². The van der Waals surface area contributed by atoms with Crippen LogP contribution in [0.2, 0.25) is 0 Å². The maximum absolute atomic E-state index is 12.7. The number of rotatable bonds is 4. The zero-order chi connectivity index (χ0) is 16.2. The van der Waals surface area contributed by atoms with E-state index in [-0.39, 0.29) is 12.5 Å². The number of aryl methyl sites for hydroxylation is 1. The Morgan fingerprint density at radius 1 is 1.30 bits per heavy atom. The van der Waals surface area contributed by atoms with Crippen LogP contribution in [0.4, 0.5) is 0 Å². The van der Waals surface area contributed by atoms with Crippen LogP contribution in [0.5, 0.6) is 0 Å². The third-order valence-corrected chi connectivity index (χ3v) is 4.87. The summed E-state index contributed by atoms with van der Waals surface area (Å²) in [5.74, 6) is 0.0717. The molecule has 122 valence electrons. The van der Waals surface area contributed by atoms with Crippen LogP contribution in [0.1, 0.15) is 15.4 Å². The van der Waals surface area contributed by atoms with Crippen molar-refractivity contribution in [2.75, 3.05) is 39.3 Å². The second kappa shape index (κ2) is 7.21. The minimum Gasteiger partial charge on any atom is -0.395 e. The summed E-state index contributed by atoms with van der Waals surface area (Å²) < 4.78 is 0. The molecule has 1 aliphatic heterocycles. The molecule has 5 nitrogen and oxygen atoms in total. The van der Waals surface area contributed by atoms with Crippen LogP contribution in [0, 0.1) is 6.92 Å². The molecule has 2 heterocycles. The second-order valence-electron chi connectivity index (χ2n) is 5.69. The molecule has 0 spiro atoms. The van der Waals surface area contributed by atoms with Crippen LogP contribution >= 0.6 is 11.3 Å². The first-order chi connectivity index (χ1) is 11.2. The standard InChI is InChI=1S/C17H21N3O2S/c1-13-18-16(12-23-13)14-3-2-4-15(11-14)17(22)20-7-5-19(6-8-20)9-10-21/h2-4,11-12,21H,5-10H2,1H3. The first-order valence-electron chi connectivity index (χ1n) is 7.82. The van der Waals surface area contributed by atoms with E-state index in [1.807, 2.05) is 41.5 Å². The Bertz CT molecular complexity index is 678. The van der Waals surface area contributed by atoms with Crippen molar-refractivity contribution in [2.45, 2.75) is 6.92 Å². The monoisotopic (exact) mass is 331 g/mol. The van der Waals surface area contributed by atoms with Crippen LogP contribution in [0.15, 0.2) is 29.6 Å².